The fraction of sp³-hybridized carbons (Fsp3) is 0.120. The molecule has 12 heteroatoms. The molecular weight excluding hydrogens is 573 g/mol. The molecule has 0 atom stereocenters. The van der Waals surface area contributed by atoms with Crippen molar-refractivity contribution in [2.45, 2.75) is 12.7 Å². The van der Waals surface area contributed by atoms with Gasteiger partial charge in [-0.2, -0.15) is 0 Å². The van der Waals surface area contributed by atoms with Crippen LogP contribution < -0.4 is 4.90 Å². The van der Waals surface area contributed by atoms with Gasteiger partial charge in [0.05, 0.1) is 17.9 Å². The molecule has 4 rings (SSSR count). The van der Waals surface area contributed by atoms with Gasteiger partial charge >= 0.3 is 13.6 Å². The van der Waals surface area contributed by atoms with Gasteiger partial charge in [-0.3, -0.25) is 4.57 Å². The van der Waals surface area contributed by atoms with Crippen molar-refractivity contribution in [3.63, 3.8) is 0 Å². The molecule has 37 heavy (non-hydrogen) atoms. The van der Waals surface area contributed by atoms with E-state index in [4.69, 9.17) is 4.42 Å². The minimum atomic E-state index is -4.50. The molecule has 4 aromatic rings. The zero-order valence-electron chi connectivity index (χ0n) is 19.3. The Morgan fingerprint density at radius 3 is 2.41 bits per heavy atom. The number of hydrogen-bond acceptors (Lipinski definition) is 7. The van der Waals surface area contributed by atoms with E-state index in [0.29, 0.717) is 33.9 Å². The van der Waals surface area contributed by atoms with Gasteiger partial charge in [-0.25, -0.2) is 9.78 Å². The highest BCUT2D eigenvalue weighted by molar-refractivity contribution is 9.10. The molecule has 0 saturated heterocycles. The van der Waals surface area contributed by atoms with Crippen molar-refractivity contribution in [3.05, 3.63) is 94.1 Å². The summed E-state index contributed by atoms with van der Waals surface area (Å²) < 4.78 is 49.2. The van der Waals surface area contributed by atoms with E-state index in [1.807, 2.05) is 24.3 Å². The van der Waals surface area contributed by atoms with E-state index in [-0.39, 0.29) is 5.56 Å². The maximum Gasteiger partial charge on any atom is 0.399 e. The van der Waals surface area contributed by atoms with Crippen LogP contribution in [0.3, 0.4) is 0 Å². The fourth-order valence-corrected chi connectivity index (χ4v) is 5.33. The van der Waals surface area contributed by atoms with Crippen LogP contribution in [-0.4, -0.2) is 23.1 Å². The molecule has 0 aliphatic heterocycles. The Kier molecular flexibility index (Phi) is 8.19. The maximum atomic E-state index is 12.4. The molecule has 3 aromatic carbocycles. The van der Waals surface area contributed by atoms with Crippen LogP contribution in [0.15, 0.2) is 81.8 Å². The molecule has 192 valence electrons. The van der Waals surface area contributed by atoms with Gasteiger partial charge in [-0.15, -0.1) is 9.46 Å². The van der Waals surface area contributed by atoms with Crippen LogP contribution in [0, 0.1) is 0 Å². The molecule has 0 radical (unpaired) electrons. The Bertz CT molecular complexity index is 1460. The van der Waals surface area contributed by atoms with E-state index < -0.39 is 19.7 Å². The number of halogens is 3. The van der Waals surface area contributed by atoms with E-state index >= 15 is 0 Å². The molecule has 0 fully saturated rings. The number of nitrogens with zero attached hydrogens (tertiary/aromatic N) is 2. The number of carboxylic acids is 1. The first-order valence-electron chi connectivity index (χ1n) is 10.8. The number of benzene rings is 3. The first-order chi connectivity index (χ1) is 17.7. The second-order valence-corrected chi connectivity index (χ2v) is 10.8. The number of oxazole rings is 1. The Balaban J connectivity index is 1.46. The molecule has 0 bridgehead atoms. The van der Waals surface area contributed by atoms with Gasteiger partial charge in [0.2, 0.25) is 0 Å². The average molecular weight is 593 g/mol. The quantitative estimate of drug-likeness (QED) is 0.188. The zero-order chi connectivity index (χ0) is 26.6. The third-order valence-electron chi connectivity index (χ3n) is 5.57. The Morgan fingerprint density at radius 2 is 1.76 bits per heavy atom. The first kappa shape index (κ1) is 26.7. The Hall–Kier alpha value is -3.37. The molecule has 1 aromatic heterocycles. The minimum Gasteiger partial charge on any atom is -0.478 e. The summed E-state index contributed by atoms with van der Waals surface area (Å²) in [5, 5.41) is 9.44. The molecule has 0 aliphatic rings. The third-order valence-corrected chi connectivity index (χ3v) is 7.46. The average Bonchev–Trinajstić information content (AvgIpc) is 3.41. The van der Waals surface area contributed by atoms with Crippen molar-refractivity contribution in [2.24, 2.45) is 0 Å². The highest BCUT2D eigenvalue weighted by atomic mass is 79.9. The van der Waals surface area contributed by atoms with Crippen molar-refractivity contribution in [1.82, 2.24) is 4.98 Å². The van der Waals surface area contributed by atoms with Crippen molar-refractivity contribution in [1.29, 1.82) is 0 Å². The normalized spacial score (nSPS) is 11.5. The standard InChI is InChI=1S/C25H20BrF2N2O6P/c1-30(14-16-6-7-19(22(26)12-16)15-37(33,35-27)36-28)25-29-13-23(34-25)18-10-8-17(9-11-18)20-4-2-3-5-21(20)24(31)32/h2-13H,14-15H2,1H3,(H,31,32). The highest BCUT2D eigenvalue weighted by Gasteiger charge is 2.29. The molecule has 1 N–H and O–H groups in total. The lowest BCUT2D eigenvalue weighted by molar-refractivity contribution is -0.0881. The number of aromatic carboxylic acids is 1. The van der Waals surface area contributed by atoms with Crippen LogP contribution in [0.1, 0.15) is 21.5 Å². The number of carbonyl (C=O) groups is 1. The summed E-state index contributed by atoms with van der Waals surface area (Å²) in [5.74, 6) is -0.462. The Morgan fingerprint density at radius 1 is 1.08 bits per heavy atom. The predicted molar refractivity (Wildman–Crippen MR) is 136 cm³/mol. The van der Waals surface area contributed by atoms with Gasteiger partial charge in [0, 0.05) is 23.6 Å². The molecule has 0 saturated carbocycles. The third kappa shape index (κ3) is 6.14. The second kappa shape index (κ2) is 11.4. The fourth-order valence-electron chi connectivity index (χ4n) is 3.74. The van der Waals surface area contributed by atoms with E-state index in [1.54, 1.807) is 60.6 Å². The van der Waals surface area contributed by atoms with Gasteiger partial charge in [-0.05, 0) is 43.4 Å². The van der Waals surface area contributed by atoms with Crippen molar-refractivity contribution in [2.75, 3.05) is 11.9 Å². The lowest BCUT2D eigenvalue weighted by Gasteiger charge is -2.16. The molecular formula is C25H20BrF2N2O6P. The van der Waals surface area contributed by atoms with Crippen LogP contribution in [0.2, 0.25) is 0 Å². The van der Waals surface area contributed by atoms with Gasteiger partial charge in [0.1, 0.15) is 0 Å². The molecule has 0 aliphatic carbocycles. The largest absolute Gasteiger partial charge is 0.478 e. The van der Waals surface area contributed by atoms with Gasteiger partial charge in [0.15, 0.2) is 5.76 Å². The van der Waals surface area contributed by atoms with Gasteiger partial charge in [0.25, 0.3) is 6.01 Å². The predicted octanol–water partition coefficient (Wildman–Crippen LogP) is 7.60. The number of hydrogen-bond donors (Lipinski definition) is 1. The van der Waals surface area contributed by atoms with Crippen LogP contribution in [0.4, 0.5) is 15.1 Å². The second-order valence-electron chi connectivity index (χ2n) is 8.12. The van der Waals surface area contributed by atoms with Crippen molar-refractivity contribution < 1.29 is 37.4 Å². The highest BCUT2D eigenvalue weighted by Crippen LogP contribution is 2.53. The SMILES string of the molecule is CN(Cc1ccc(CP(=O)(OF)OF)c(Br)c1)c1ncc(-c2ccc(-c3ccccc3C(=O)O)cc2)o1. The monoisotopic (exact) mass is 592 g/mol. The van der Waals surface area contributed by atoms with Crippen molar-refractivity contribution in [3.8, 4) is 22.5 Å². The molecule has 0 amide bonds. The molecule has 0 spiro atoms. The zero-order valence-corrected chi connectivity index (χ0v) is 21.8. The lowest BCUT2D eigenvalue weighted by Crippen LogP contribution is -2.16. The smallest absolute Gasteiger partial charge is 0.399 e. The number of aromatic nitrogens is 1. The summed E-state index contributed by atoms with van der Waals surface area (Å²) in [6.07, 6.45) is 1.01. The molecule has 8 nitrogen and oxygen atoms in total. The topological polar surface area (TPSA) is 102 Å². The van der Waals surface area contributed by atoms with Gasteiger partial charge in [-0.1, -0.05) is 70.5 Å². The minimum absolute atomic E-state index is 0.221. The maximum absolute atomic E-state index is 12.4. The van der Waals surface area contributed by atoms with E-state index in [1.165, 1.54) is 0 Å². The molecule has 0 unspecified atom stereocenters. The van der Waals surface area contributed by atoms with E-state index in [0.717, 1.165) is 16.7 Å². The van der Waals surface area contributed by atoms with Gasteiger partial charge < -0.3 is 14.4 Å². The summed E-state index contributed by atoms with van der Waals surface area (Å²) in [5.41, 5.74) is 3.54. The summed E-state index contributed by atoms with van der Waals surface area (Å²) >= 11 is 3.31. The van der Waals surface area contributed by atoms with Crippen LogP contribution in [-0.2, 0) is 26.7 Å². The van der Waals surface area contributed by atoms with Crippen LogP contribution >= 0.6 is 23.5 Å². The van der Waals surface area contributed by atoms with Crippen LogP contribution in [0.25, 0.3) is 22.5 Å². The molecule has 1 heterocycles. The number of carboxylic acid groups (broad SMARTS) is 1. The van der Waals surface area contributed by atoms with E-state index in [9.17, 15) is 23.5 Å². The Labute approximate surface area is 218 Å². The summed E-state index contributed by atoms with van der Waals surface area (Å²) in [7, 11) is -2.72. The lowest BCUT2D eigenvalue weighted by atomic mass is 9.98. The summed E-state index contributed by atoms with van der Waals surface area (Å²) in [4.78, 5) is 17.6. The summed E-state index contributed by atoms with van der Waals surface area (Å²) in [6, 6.07) is 19.4. The summed E-state index contributed by atoms with van der Waals surface area (Å²) in [6.45, 7) is 0.390. The van der Waals surface area contributed by atoms with E-state index in [2.05, 4.69) is 30.4 Å². The number of rotatable bonds is 10. The number of anilines is 1. The first-order valence-corrected chi connectivity index (χ1v) is 13.3. The van der Waals surface area contributed by atoms with Crippen LogP contribution in [0.5, 0.6) is 0 Å². The van der Waals surface area contributed by atoms with Crippen molar-refractivity contribution >= 4 is 35.5 Å².